The lowest BCUT2D eigenvalue weighted by Gasteiger charge is -2.23. The lowest BCUT2D eigenvalue weighted by molar-refractivity contribution is 0.0636. The molecule has 96 valence electrons. The zero-order valence-electron chi connectivity index (χ0n) is 10.4. The van der Waals surface area contributed by atoms with Gasteiger partial charge >= 0.3 is 0 Å². The van der Waals surface area contributed by atoms with Crippen molar-refractivity contribution in [1.29, 1.82) is 0 Å². The highest BCUT2D eigenvalue weighted by atomic mass is 35.5. The van der Waals surface area contributed by atoms with Crippen LogP contribution >= 0.6 is 11.6 Å². The summed E-state index contributed by atoms with van der Waals surface area (Å²) in [6, 6.07) is 0. The fourth-order valence-corrected chi connectivity index (χ4v) is 1.79. The predicted octanol–water partition coefficient (Wildman–Crippen LogP) is 1.98. The van der Waals surface area contributed by atoms with E-state index in [-0.39, 0.29) is 5.28 Å². The maximum atomic E-state index is 10.0. The Morgan fingerprint density at radius 3 is 2.71 bits per heavy atom. The number of nitrogens with two attached hydrogens (primary N) is 1. The lowest BCUT2D eigenvalue weighted by Crippen LogP contribution is -2.33. The van der Waals surface area contributed by atoms with E-state index in [0.29, 0.717) is 30.2 Å². The molecule has 1 aromatic rings. The minimum Gasteiger partial charge on any atom is -0.394 e. The smallest absolute Gasteiger partial charge is 0.224 e. The highest BCUT2D eigenvalue weighted by molar-refractivity contribution is 6.28. The van der Waals surface area contributed by atoms with Crippen LogP contribution in [0.4, 0.5) is 11.5 Å². The van der Waals surface area contributed by atoms with E-state index >= 15 is 0 Å². The highest BCUT2D eigenvalue weighted by Gasteiger charge is 2.19. The molecule has 0 aliphatic carbocycles. The van der Waals surface area contributed by atoms with Gasteiger partial charge in [0, 0.05) is 6.54 Å². The molecule has 0 saturated heterocycles. The first kappa shape index (κ1) is 14.0. The number of nitrogen functional groups attached to an aromatic ring is 1. The van der Waals surface area contributed by atoms with Gasteiger partial charge in [0.1, 0.15) is 0 Å². The molecule has 1 aromatic heterocycles. The molecule has 1 rings (SSSR count). The van der Waals surface area contributed by atoms with Gasteiger partial charge in [-0.05, 0) is 31.9 Å². The van der Waals surface area contributed by atoms with Gasteiger partial charge in [0.2, 0.25) is 5.28 Å². The molecule has 1 heterocycles. The second-order valence-electron chi connectivity index (χ2n) is 4.44. The van der Waals surface area contributed by atoms with Crippen LogP contribution in [0.5, 0.6) is 0 Å². The Kier molecular flexibility index (Phi) is 4.54. The molecule has 17 heavy (non-hydrogen) atoms. The summed E-state index contributed by atoms with van der Waals surface area (Å²) in [5.41, 5.74) is 6.13. The molecule has 5 nitrogen and oxygen atoms in total. The van der Waals surface area contributed by atoms with E-state index in [1.165, 1.54) is 0 Å². The monoisotopic (exact) mass is 258 g/mol. The van der Waals surface area contributed by atoms with Crippen molar-refractivity contribution in [3.8, 4) is 0 Å². The zero-order chi connectivity index (χ0) is 13.1. The normalized spacial score (nSPS) is 14.4. The Bertz CT molecular complexity index is 395. The maximum absolute atomic E-state index is 10.0. The van der Waals surface area contributed by atoms with Gasteiger partial charge in [-0.1, -0.05) is 13.3 Å². The van der Waals surface area contributed by atoms with Crippen molar-refractivity contribution in [3.63, 3.8) is 0 Å². The van der Waals surface area contributed by atoms with Crippen molar-refractivity contribution >= 4 is 23.1 Å². The molecule has 1 unspecified atom stereocenters. The molecule has 0 aliphatic heterocycles. The van der Waals surface area contributed by atoms with Crippen molar-refractivity contribution in [2.45, 2.75) is 39.2 Å². The zero-order valence-corrected chi connectivity index (χ0v) is 11.2. The van der Waals surface area contributed by atoms with Crippen LogP contribution in [-0.4, -0.2) is 27.2 Å². The molecule has 0 aliphatic rings. The van der Waals surface area contributed by atoms with Gasteiger partial charge in [-0.15, -0.1) is 0 Å². The third-order valence-electron chi connectivity index (χ3n) is 2.53. The van der Waals surface area contributed by atoms with Crippen LogP contribution in [0.3, 0.4) is 0 Å². The number of hydrogen-bond donors (Lipinski definition) is 3. The van der Waals surface area contributed by atoms with Crippen molar-refractivity contribution in [1.82, 2.24) is 9.97 Å². The molecule has 6 heteroatoms. The fourth-order valence-electron chi connectivity index (χ4n) is 1.58. The summed E-state index contributed by atoms with van der Waals surface area (Å²) in [6.45, 7) is 5.93. The Balaban J connectivity index is 2.76. The molecule has 1 atom stereocenters. The maximum Gasteiger partial charge on any atom is 0.224 e. The Labute approximate surface area is 106 Å². The van der Waals surface area contributed by atoms with E-state index in [1.54, 1.807) is 13.8 Å². The Hall–Kier alpha value is -1.07. The second-order valence-corrected chi connectivity index (χ2v) is 4.78. The highest BCUT2D eigenvalue weighted by Crippen LogP contribution is 2.22. The van der Waals surface area contributed by atoms with Gasteiger partial charge in [-0.25, -0.2) is 4.98 Å². The summed E-state index contributed by atoms with van der Waals surface area (Å²) in [7, 11) is 0. The van der Waals surface area contributed by atoms with Crippen molar-refractivity contribution < 1.29 is 5.11 Å². The van der Waals surface area contributed by atoms with E-state index in [4.69, 9.17) is 17.3 Å². The predicted molar refractivity (Wildman–Crippen MR) is 70.2 cm³/mol. The van der Waals surface area contributed by atoms with Crippen LogP contribution in [0, 0.1) is 6.92 Å². The van der Waals surface area contributed by atoms with Crippen LogP contribution < -0.4 is 11.1 Å². The number of nitrogens with one attached hydrogen (secondary N) is 1. The summed E-state index contributed by atoms with van der Waals surface area (Å²) in [5, 5.41) is 13.2. The minimum absolute atomic E-state index is 0.148. The standard InChI is InChI=1S/C11H19ClN4O/c1-4-5-11(3,17)6-14-9-8(13)7(2)15-10(12)16-9/h17H,4-6,13H2,1-3H3,(H,14,15,16). The van der Waals surface area contributed by atoms with E-state index in [0.717, 1.165) is 6.42 Å². The average molecular weight is 259 g/mol. The second kappa shape index (κ2) is 5.51. The number of rotatable bonds is 5. The number of hydrogen-bond acceptors (Lipinski definition) is 5. The third kappa shape index (κ3) is 4.02. The van der Waals surface area contributed by atoms with Crippen molar-refractivity contribution in [2.75, 3.05) is 17.6 Å². The molecule has 0 radical (unpaired) electrons. The number of aryl methyl sites for hydroxylation is 1. The van der Waals surface area contributed by atoms with Gasteiger partial charge in [-0.3, -0.25) is 0 Å². The van der Waals surface area contributed by atoms with Gasteiger partial charge in [0.15, 0.2) is 5.82 Å². The van der Waals surface area contributed by atoms with Crippen molar-refractivity contribution in [2.24, 2.45) is 0 Å². The van der Waals surface area contributed by atoms with Gasteiger partial charge in [-0.2, -0.15) is 4.98 Å². The minimum atomic E-state index is -0.785. The molecule has 0 bridgehead atoms. The largest absolute Gasteiger partial charge is 0.394 e. The molecular formula is C11H19ClN4O. The molecule has 0 spiro atoms. The molecular weight excluding hydrogens is 240 g/mol. The molecule has 0 amide bonds. The van der Waals surface area contributed by atoms with Crippen LogP contribution in [0.2, 0.25) is 5.28 Å². The number of halogens is 1. The summed E-state index contributed by atoms with van der Waals surface area (Å²) < 4.78 is 0. The van der Waals surface area contributed by atoms with Crippen molar-refractivity contribution in [3.05, 3.63) is 11.0 Å². The van der Waals surface area contributed by atoms with Crippen LogP contribution in [-0.2, 0) is 0 Å². The Morgan fingerprint density at radius 2 is 2.12 bits per heavy atom. The number of aromatic nitrogens is 2. The van der Waals surface area contributed by atoms with E-state index < -0.39 is 5.60 Å². The molecule has 4 N–H and O–H groups in total. The summed E-state index contributed by atoms with van der Waals surface area (Å²) >= 11 is 5.75. The first-order valence-corrected chi connectivity index (χ1v) is 5.99. The van der Waals surface area contributed by atoms with Crippen LogP contribution in [0.1, 0.15) is 32.4 Å². The topological polar surface area (TPSA) is 84.1 Å². The van der Waals surface area contributed by atoms with Crippen LogP contribution in [0.25, 0.3) is 0 Å². The van der Waals surface area contributed by atoms with Crippen LogP contribution in [0.15, 0.2) is 0 Å². The summed E-state index contributed by atoms with van der Waals surface area (Å²) in [6.07, 6.45) is 1.62. The van der Waals surface area contributed by atoms with E-state index in [2.05, 4.69) is 15.3 Å². The average Bonchev–Trinajstić information content (AvgIpc) is 2.21. The first-order valence-electron chi connectivity index (χ1n) is 5.61. The van der Waals surface area contributed by atoms with Gasteiger partial charge in [0.25, 0.3) is 0 Å². The van der Waals surface area contributed by atoms with E-state index in [9.17, 15) is 5.11 Å². The first-order chi connectivity index (χ1) is 7.85. The summed E-state index contributed by atoms with van der Waals surface area (Å²) in [4.78, 5) is 7.95. The molecule has 0 saturated carbocycles. The quantitative estimate of drug-likeness (QED) is 0.704. The Morgan fingerprint density at radius 1 is 1.47 bits per heavy atom. The fraction of sp³-hybridized carbons (Fsp3) is 0.636. The third-order valence-corrected chi connectivity index (χ3v) is 2.70. The SMILES string of the molecule is CCCC(C)(O)CNc1nc(Cl)nc(C)c1N. The number of anilines is 2. The summed E-state index contributed by atoms with van der Waals surface area (Å²) in [5.74, 6) is 0.471. The number of aliphatic hydroxyl groups is 1. The molecule has 0 aromatic carbocycles. The lowest BCUT2D eigenvalue weighted by atomic mass is 10.0. The van der Waals surface area contributed by atoms with Gasteiger partial charge in [0.05, 0.1) is 17.0 Å². The molecule has 0 fully saturated rings. The van der Waals surface area contributed by atoms with E-state index in [1.807, 2.05) is 6.92 Å². The number of nitrogens with zero attached hydrogens (tertiary/aromatic N) is 2. The van der Waals surface area contributed by atoms with Gasteiger partial charge < -0.3 is 16.2 Å².